The molecule has 1 rings (SSSR count). The second-order valence-corrected chi connectivity index (χ2v) is 4.35. The van der Waals surface area contributed by atoms with Gasteiger partial charge in [0.1, 0.15) is 6.33 Å². The molecule has 0 amide bonds. The molecule has 1 aromatic heterocycles. The van der Waals surface area contributed by atoms with E-state index >= 15 is 0 Å². The number of nitrogens with zero attached hydrogens (tertiary/aromatic N) is 2. The maximum Gasteiger partial charge on any atom is 0.186 e. The summed E-state index contributed by atoms with van der Waals surface area (Å²) in [6.07, 6.45) is 4.17. The predicted octanol–water partition coefficient (Wildman–Crippen LogP) is 3.41. The topological polar surface area (TPSA) is 37.8 Å². The molecule has 0 aliphatic rings. The van der Waals surface area contributed by atoms with Crippen LogP contribution < -0.4 is 5.32 Å². The number of rotatable bonds is 6. The Bertz CT molecular complexity index is 351. The predicted molar refractivity (Wildman–Crippen MR) is 68.5 cm³/mol. The number of aryl methyl sites for hydroxylation is 1. The van der Waals surface area contributed by atoms with E-state index in [-0.39, 0.29) is 11.9 Å². The van der Waals surface area contributed by atoms with Crippen molar-refractivity contribution in [3.05, 3.63) is 17.8 Å². The fraction of sp³-hybridized carbons (Fsp3) is 0.692. The third-order valence-corrected chi connectivity index (χ3v) is 3.32. The van der Waals surface area contributed by atoms with E-state index in [4.69, 9.17) is 0 Å². The van der Waals surface area contributed by atoms with Gasteiger partial charge in [0.25, 0.3) is 0 Å². The van der Waals surface area contributed by atoms with Gasteiger partial charge in [-0.15, -0.1) is 0 Å². The van der Waals surface area contributed by atoms with Crippen molar-refractivity contribution in [3.63, 3.8) is 0 Å². The molecule has 96 valence electrons. The molecule has 0 saturated carbocycles. The van der Waals surface area contributed by atoms with Gasteiger partial charge in [0.15, 0.2) is 11.6 Å². The number of aromatic nitrogens is 2. The zero-order valence-electron chi connectivity index (χ0n) is 11.1. The van der Waals surface area contributed by atoms with E-state index in [2.05, 4.69) is 36.1 Å². The number of hydrogen-bond acceptors (Lipinski definition) is 3. The van der Waals surface area contributed by atoms with Crippen molar-refractivity contribution in [1.82, 2.24) is 9.97 Å². The Morgan fingerprint density at radius 3 is 2.41 bits per heavy atom. The minimum absolute atomic E-state index is 0.221. The Balaban J connectivity index is 2.81. The van der Waals surface area contributed by atoms with Crippen LogP contribution >= 0.6 is 0 Å². The summed E-state index contributed by atoms with van der Waals surface area (Å²) in [6, 6.07) is 0.221. The van der Waals surface area contributed by atoms with Crippen molar-refractivity contribution in [2.75, 3.05) is 5.32 Å². The van der Waals surface area contributed by atoms with Gasteiger partial charge < -0.3 is 5.32 Å². The molecule has 1 N–H and O–H groups in total. The van der Waals surface area contributed by atoms with Crippen LogP contribution in [0.5, 0.6) is 0 Å². The molecule has 3 nitrogen and oxygen atoms in total. The highest BCUT2D eigenvalue weighted by Crippen LogP contribution is 2.19. The van der Waals surface area contributed by atoms with Gasteiger partial charge in [-0.1, -0.05) is 33.6 Å². The summed E-state index contributed by atoms with van der Waals surface area (Å²) in [5, 5.41) is 3.16. The summed E-state index contributed by atoms with van der Waals surface area (Å²) < 4.78 is 13.9. The fourth-order valence-corrected chi connectivity index (χ4v) is 2.08. The van der Waals surface area contributed by atoms with Crippen molar-refractivity contribution in [1.29, 1.82) is 0 Å². The molecule has 0 saturated heterocycles. The van der Waals surface area contributed by atoms with Crippen molar-refractivity contribution in [2.24, 2.45) is 5.92 Å². The highest BCUT2D eigenvalue weighted by molar-refractivity contribution is 5.38. The average Bonchev–Trinajstić information content (AvgIpc) is 2.33. The molecule has 17 heavy (non-hydrogen) atoms. The van der Waals surface area contributed by atoms with Crippen LogP contribution in [0.3, 0.4) is 0 Å². The molecule has 1 atom stereocenters. The summed E-state index contributed by atoms with van der Waals surface area (Å²) in [5.74, 6) is 0.554. The maximum atomic E-state index is 13.9. The van der Waals surface area contributed by atoms with Crippen molar-refractivity contribution < 1.29 is 4.39 Å². The first-order valence-corrected chi connectivity index (χ1v) is 6.39. The van der Waals surface area contributed by atoms with Crippen molar-refractivity contribution in [2.45, 2.75) is 53.0 Å². The molecule has 0 aliphatic carbocycles. The van der Waals surface area contributed by atoms with Crippen LogP contribution in [0.1, 0.15) is 46.2 Å². The first kappa shape index (κ1) is 13.9. The highest BCUT2D eigenvalue weighted by atomic mass is 19.1. The van der Waals surface area contributed by atoms with E-state index in [1.807, 2.05) is 6.92 Å². The van der Waals surface area contributed by atoms with Gasteiger partial charge in [0, 0.05) is 6.04 Å². The fourth-order valence-electron chi connectivity index (χ4n) is 2.08. The number of anilines is 1. The standard InChI is InChI=1S/C13H22FN3/c1-5-10(6-2)9(4)17-13-12(14)11(7-3)15-8-16-13/h8-10H,5-7H2,1-4H3,(H,15,16,17). The Kier molecular flexibility index (Phi) is 5.32. The summed E-state index contributed by atoms with van der Waals surface area (Å²) in [5.41, 5.74) is 0.472. The Labute approximate surface area is 103 Å². The van der Waals surface area contributed by atoms with E-state index < -0.39 is 0 Å². The first-order valence-electron chi connectivity index (χ1n) is 6.39. The molecule has 0 aromatic carbocycles. The second-order valence-electron chi connectivity index (χ2n) is 4.35. The lowest BCUT2D eigenvalue weighted by Gasteiger charge is -2.23. The lowest BCUT2D eigenvalue weighted by Crippen LogP contribution is -2.26. The van der Waals surface area contributed by atoms with Gasteiger partial charge in [0.05, 0.1) is 5.69 Å². The van der Waals surface area contributed by atoms with Gasteiger partial charge in [0.2, 0.25) is 0 Å². The maximum absolute atomic E-state index is 13.9. The van der Waals surface area contributed by atoms with Gasteiger partial charge in [-0.3, -0.25) is 0 Å². The molecule has 0 bridgehead atoms. The Morgan fingerprint density at radius 1 is 1.24 bits per heavy atom. The van der Waals surface area contributed by atoms with E-state index in [0.717, 1.165) is 12.8 Å². The second kappa shape index (κ2) is 6.52. The minimum atomic E-state index is -0.312. The van der Waals surface area contributed by atoms with Gasteiger partial charge >= 0.3 is 0 Å². The van der Waals surface area contributed by atoms with E-state index in [1.54, 1.807) is 0 Å². The van der Waals surface area contributed by atoms with Crippen LogP contribution in [-0.4, -0.2) is 16.0 Å². The van der Waals surface area contributed by atoms with Gasteiger partial charge in [-0.05, 0) is 19.3 Å². The number of halogens is 1. The van der Waals surface area contributed by atoms with E-state index in [0.29, 0.717) is 23.9 Å². The normalized spacial score (nSPS) is 12.8. The number of hydrogen-bond donors (Lipinski definition) is 1. The molecule has 0 radical (unpaired) electrons. The Morgan fingerprint density at radius 2 is 1.88 bits per heavy atom. The zero-order valence-corrected chi connectivity index (χ0v) is 11.1. The van der Waals surface area contributed by atoms with Crippen LogP contribution in [0.25, 0.3) is 0 Å². The molecular formula is C13H22FN3. The lowest BCUT2D eigenvalue weighted by atomic mass is 9.95. The quantitative estimate of drug-likeness (QED) is 0.826. The Hall–Kier alpha value is -1.19. The van der Waals surface area contributed by atoms with Gasteiger partial charge in [-0.2, -0.15) is 0 Å². The van der Waals surface area contributed by atoms with Crippen molar-refractivity contribution >= 4 is 5.82 Å². The zero-order chi connectivity index (χ0) is 12.8. The summed E-state index contributed by atoms with van der Waals surface area (Å²) in [6.45, 7) is 8.27. The molecule has 1 aromatic rings. The molecule has 0 aliphatic heterocycles. The third kappa shape index (κ3) is 3.38. The average molecular weight is 239 g/mol. The lowest BCUT2D eigenvalue weighted by molar-refractivity contribution is 0.434. The smallest absolute Gasteiger partial charge is 0.186 e. The first-order chi connectivity index (χ1) is 8.13. The summed E-state index contributed by atoms with van der Waals surface area (Å²) >= 11 is 0. The van der Waals surface area contributed by atoms with Crippen LogP contribution in [-0.2, 0) is 6.42 Å². The van der Waals surface area contributed by atoms with E-state index in [1.165, 1.54) is 6.33 Å². The van der Waals surface area contributed by atoms with E-state index in [9.17, 15) is 4.39 Å². The van der Waals surface area contributed by atoms with Crippen molar-refractivity contribution in [3.8, 4) is 0 Å². The SMILES string of the molecule is CCc1ncnc(NC(C)C(CC)CC)c1F. The van der Waals surface area contributed by atoms with Crippen LogP contribution in [0, 0.1) is 11.7 Å². The molecular weight excluding hydrogens is 217 g/mol. The largest absolute Gasteiger partial charge is 0.365 e. The highest BCUT2D eigenvalue weighted by Gasteiger charge is 2.17. The molecule has 0 fully saturated rings. The minimum Gasteiger partial charge on any atom is -0.365 e. The molecule has 4 heteroatoms. The molecule has 1 heterocycles. The summed E-state index contributed by atoms with van der Waals surface area (Å²) in [7, 11) is 0. The van der Waals surface area contributed by atoms with Crippen LogP contribution in [0.2, 0.25) is 0 Å². The third-order valence-electron chi connectivity index (χ3n) is 3.32. The number of nitrogens with one attached hydrogen (secondary N) is 1. The summed E-state index contributed by atoms with van der Waals surface area (Å²) in [4.78, 5) is 7.90. The van der Waals surface area contributed by atoms with Crippen LogP contribution in [0.15, 0.2) is 6.33 Å². The van der Waals surface area contributed by atoms with Gasteiger partial charge in [-0.25, -0.2) is 14.4 Å². The van der Waals surface area contributed by atoms with Crippen LogP contribution in [0.4, 0.5) is 10.2 Å². The monoisotopic (exact) mass is 239 g/mol. The molecule has 0 spiro atoms. The molecule has 1 unspecified atom stereocenters.